The third kappa shape index (κ3) is 2.50. The van der Waals surface area contributed by atoms with Crippen molar-refractivity contribution in [3.8, 4) is 11.5 Å². The number of benzene rings is 1. The van der Waals surface area contributed by atoms with Crippen LogP contribution in [0.1, 0.15) is 18.4 Å². The van der Waals surface area contributed by atoms with Gasteiger partial charge in [-0.05, 0) is 25.1 Å². The molecular formula is C12H14FN3O. The highest BCUT2D eigenvalue weighted by Crippen LogP contribution is 2.23. The summed E-state index contributed by atoms with van der Waals surface area (Å²) in [6.45, 7) is 5.00. The molecule has 5 heteroatoms. The largest absolute Gasteiger partial charge is 0.419 e. The number of aryl methyl sites for hydroxylation is 1. The molecule has 17 heavy (non-hydrogen) atoms. The Balaban J connectivity index is 2.27. The zero-order chi connectivity index (χ0) is 12.3. The van der Waals surface area contributed by atoms with Crippen LogP contribution in [0.2, 0.25) is 0 Å². The number of rotatable bonds is 4. The van der Waals surface area contributed by atoms with Crippen molar-refractivity contribution in [2.45, 2.75) is 20.4 Å². The smallest absolute Gasteiger partial charge is 0.250 e. The predicted molar refractivity (Wildman–Crippen MR) is 61.8 cm³/mol. The molecule has 0 aliphatic heterocycles. The molecule has 1 aromatic heterocycles. The van der Waals surface area contributed by atoms with Gasteiger partial charge in [0.1, 0.15) is 5.82 Å². The van der Waals surface area contributed by atoms with Gasteiger partial charge in [0, 0.05) is 0 Å². The summed E-state index contributed by atoms with van der Waals surface area (Å²) in [7, 11) is 0. The van der Waals surface area contributed by atoms with E-state index in [1.807, 2.05) is 6.92 Å². The summed E-state index contributed by atoms with van der Waals surface area (Å²) in [5, 5.41) is 10.8. The summed E-state index contributed by atoms with van der Waals surface area (Å²) in [5.41, 5.74) is 0.911. The van der Waals surface area contributed by atoms with Crippen LogP contribution in [0.15, 0.2) is 22.6 Å². The lowest BCUT2D eigenvalue weighted by atomic mass is 10.1. The molecule has 1 aromatic carbocycles. The van der Waals surface area contributed by atoms with Gasteiger partial charge < -0.3 is 9.73 Å². The van der Waals surface area contributed by atoms with Crippen LogP contribution in [-0.2, 0) is 6.54 Å². The van der Waals surface area contributed by atoms with Crippen LogP contribution in [0.4, 0.5) is 4.39 Å². The van der Waals surface area contributed by atoms with Crippen molar-refractivity contribution >= 4 is 0 Å². The fourth-order valence-corrected chi connectivity index (χ4v) is 1.48. The Morgan fingerprint density at radius 2 is 2.18 bits per heavy atom. The average Bonchev–Trinajstić information content (AvgIpc) is 2.78. The molecule has 0 aliphatic rings. The molecule has 0 unspecified atom stereocenters. The first-order valence-electron chi connectivity index (χ1n) is 5.51. The second kappa shape index (κ2) is 5.05. The summed E-state index contributed by atoms with van der Waals surface area (Å²) in [6.07, 6.45) is 0. The van der Waals surface area contributed by atoms with Gasteiger partial charge in [0.25, 0.3) is 5.89 Å². The number of hydrogen-bond donors (Lipinski definition) is 1. The summed E-state index contributed by atoms with van der Waals surface area (Å²) >= 11 is 0. The van der Waals surface area contributed by atoms with Crippen LogP contribution in [0.5, 0.6) is 0 Å². The highest BCUT2D eigenvalue weighted by Gasteiger charge is 2.13. The second-order valence-electron chi connectivity index (χ2n) is 3.72. The van der Waals surface area contributed by atoms with E-state index in [0.29, 0.717) is 23.6 Å². The molecule has 0 saturated carbocycles. The maximum atomic E-state index is 13.8. The summed E-state index contributed by atoms with van der Waals surface area (Å²) in [6, 6.07) is 5.10. The Bertz CT molecular complexity index is 510. The van der Waals surface area contributed by atoms with Gasteiger partial charge >= 0.3 is 0 Å². The van der Waals surface area contributed by atoms with Crippen molar-refractivity contribution in [1.29, 1.82) is 0 Å². The minimum absolute atomic E-state index is 0.221. The minimum atomic E-state index is -0.314. The number of hydrogen-bond acceptors (Lipinski definition) is 4. The molecule has 2 aromatic rings. The number of halogens is 1. The van der Waals surface area contributed by atoms with Gasteiger partial charge in [-0.25, -0.2) is 4.39 Å². The summed E-state index contributed by atoms with van der Waals surface area (Å²) in [4.78, 5) is 0. The third-order valence-corrected chi connectivity index (χ3v) is 2.42. The van der Waals surface area contributed by atoms with E-state index >= 15 is 0 Å². The number of nitrogens with one attached hydrogen (secondary N) is 1. The zero-order valence-electron chi connectivity index (χ0n) is 9.83. The van der Waals surface area contributed by atoms with Gasteiger partial charge in [-0.15, -0.1) is 10.2 Å². The van der Waals surface area contributed by atoms with Gasteiger partial charge in [-0.1, -0.05) is 19.1 Å². The van der Waals surface area contributed by atoms with Gasteiger partial charge in [-0.3, -0.25) is 0 Å². The first kappa shape index (κ1) is 11.7. The van der Waals surface area contributed by atoms with Crippen LogP contribution in [0.3, 0.4) is 0 Å². The molecule has 0 aliphatic carbocycles. The summed E-state index contributed by atoms with van der Waals surface area (Å²) < 4.78 is 19.2. The van der Waals surface area contributed by atoms with Crippen molar-refractivity contribution in [2.75, 3.05) is 6.54 Å². The molecule has 1 heterocycles. The van der Waals surface area contributed by atoms with Crippen molar-refractivity contribution in [3.63, 3.8) is 0 Å². The van der Waals surface area contributed by atoms with E-state index in [2.05, 4.69) is 15.5 Å². The Labute approximate surface area is 98.9 Å². The first-order chi connectivity index (χ1) is 8.22. The lowest BCUT2D eigenvalue weighted by molar-refractivity contribution is 0.479. The van der Waals surface area contributed by atoms with Crippen LogP contribution >= 0.6 is 0 Å². The van der Waals surface area contributed by atoms with Crippen LogP contribution in [0.25, 0.3) is 11.5 Å². The topological polar surface area (TPSA) is 51.0 Å². The molecular weight excluding hydrogens is 221 g/mol. The Morgan fingerprint density at radius 3 is 2.94 bits per heavy atom. The highest BCUT2D eigenvalue weighted by atomic mass is 19.1. The van der Waals surface area contributed by atoms with E-state index in [1.54, 1.807) is 25.1 Å². The maximum absolute atomic E-state index is 13.8. The van der Waals surface area contributed by atoms with E-state index in [9.17, 15) is 4.39 Å². The Kier molecular flexibility index (Phi) is 3.49. The highest BCUT2D eigenvalue weighted by molar-refractivity contribution is 5.54. The monoisotopic (exact) mass is 235 g/mol. The molecule has 0 radical (unpaired) electrons. The molecule has 0 bridgehead atoms. The van der Waals surface area contributed by atoms with E-state index in [1.165, 1.54) is 0 Å². The molecule has 0 atom stereocenters. The lowest BCUT2D eigenvalue weighted by Gasteiger charge is -2.00. The minimum Gasteiger partial charge on any atom is -0.419 e. The van der Waals surface area contributed by atoms with Gasteiger partial charge in [-0.2, -0.15) is 0 Å². The third-order valence-electron chi connectivity index (χ3n) is 2.42. The molecule has 0 amide bonds. The second-order valence-corrected chi connectivity index (χ2v) is 3.72. The average molecular weight is 235 g/mol. The quantitative estimate of drug-likeness (QED) is 0.883. The standard InChI is InChI=1S/C12H14FN3O/c1-3-14-7-10-15-16-12(17-10)9-6-4-5-8(2)11(9)13/h4-6,14H,3,7H2,1-2H3. The van der Waals surface area contributed by atoms with E-state index in [-0.39, 0.29) is 11.7 Å². The van der Waals surface area contributed by atoms with Gasteiger partial charge in [0.15, 0.2) is 0 Å². The maximum Gasteiger partial charge on any atom is 0.250 e. The molecule has 1 N–H and O–H groups in total. The Morgan fingerprint density at radius 1 is 1.35 bits per heavy atom. The van der Waals surface area contributed by atoms with Crippen molar-refractivity contribution in [3.05, 3.63) is 35.5 Å². The van der Waals surface area contributed by atoms with Crippen molar-refractivity contribution in [1.82, 2.24) is 15.5 Å². The SMILES string of the molecule is CCNCc1nnc(-c2cccc(C)c2F)o1. The van der Waals surface area contributed by atoms with Crippen LogP contribution in [-0.4, -0.2) is 16.7 Å². The molecule has 0 fully saturated rings. The fraction of sp³-hybridized carbons (Fsp3) is 0.333. The van der Waals surface area contributed by atoms with E-state index < -0.39 is 0 Å². The van der Waals surface area contributed by atoms with Gasteiger partial charge in [0.05, 0.1) is 12.1 Å². The normalized spacial score (nSPS) is 10.8. The predicted octanol–water partition coefficient (Wildman–Crippen LogP) is 2.29. The number of aromatic nitrogens is 2. The Hall–Kier alpha value is -1.75. The van der Waals surface area contributed by atoms with E-state index in [4.69, 9.17) is 4.42 Å². The molecule has 90 valence electrons. The lowest BCUT2D eigenvalue weighted by Crippen LogP contribution is -2.11. The fourth-order valence-electron chi connectivity index (χ4n) is 1.48. The summed E-state index contributed by atoms with van der Waals surface area (Å²) in [5.74, 6) is 0.369. The molecule has 4 nitrogen and oxygen atoms in total. The van der Waals surface area contributed by atoms with Crippen LogP contribution < -0.4 is 5.32 Å². The van der Waals surface area contributed by atoms with Crippen LogP contribution in [0, 0.1) is 12.7 Å². The molecule has 0 saturated heterocycles. The van der Waals surface area contributed by atoms with Crippen molar-refractivity contribution < 1.29 is 8.81 Å². The van der Waals surface area contributed by atoms with E-state index in [0.717, 1.165) is 6.54 Å². The first-order valence-corrected chi connectivity index (χ1v) is 5.51. The molecule has 0 spiro atoms. The number of nitrogens with zero attached hydrogens (tertiary/aromatic N) is 2. The van der Waals surface area contributed by atoms with Gasteiger partial charge in [0.2, 0.25) is 5.89 Å². The van der Waals surface area contributed by atoms with Crippen molar-refractivity contribution in [2.24, 2.45) is 0 Å². The molecule has 2 rings (SSSR count). The zero-order valence-corrected chi connectivity index (χ0v) is 9.83.